The van der Waals surface area contributed by atoms with Gasteiger partial charge in [-0.1, -0.05) is 30.3 Å². The Morgan fingerprint density at radius 2 is 2.05 bits per heavy atom. The molecule has 4 N–H and O–H groups in total. The quantitative estimate of drug-likeness (QED) is 0.444. The molecule has 1 aromatic carbocycles. The lowest BCUT2D eigenvalue weighted by atomic mass is 10.2. The maximum atomic E-state index is 12.2. The molecule has 0 aliphatic rings. The fraction of sp³-hybridized carbons (Fsp3) is 0.143. The summed E-state index contributed by atoms with van der Waals surface area (Å²) in [7, 11) is 0. The molecule has 0 radical (unpaired) electrons. The number of nitrogens with one attached hydrogen (secondary N) is 2. The van der Waals surface area contributed by atoms with E-state index in [0.717, 1.165) is 9.77 Å². The number of thiophene rings is 1. The van der Waals surface area contributed by atoms with E-state index in [9.17, 15) is 4.79 Å². The molecule has 2 aromatic rings. The van der Waals surface area contributed by atoms with Gasteiger partial charge in [-0.3, -0.25) is 10.2 Å². The number of amidine groups is 1. The first kappa shape index (κ1) is 17.6. The summed E-state index contributed by atoms with van der Waals surface area (Å²) in [5.41, 5.74) is 7.10. The van der Waals surface area contributed by atoms with Gasteiger partial charge in [0.2, 0.25) is 0 Å². The molecule has 7 heteroatoms. The predicted octanol–water partition coefficient (Wildman–Crippen LogP) is 3.11. The van der Waals surface area contributed by atoms with Crippen LogP contribution in [0.3, 0.4) is 0 Å². The molecule has 0 saturated heterocycles. The standard InChI is InChI=1S/C14H15N3OS2.ClH/c1-19-14-10(7-11(20-14)12(15)16)13(18)17-8-9-5-3-2-4-6-9;/h2-7H,8H2,1H3,(H3,15,16)(H,17,18);1H. The van der Waals surface area contributed by atoms with Crippen molar-refractivity contribution in [1.82, 2.24) is 5.32 Å². The van der Waals surface area contributed by atoms with Crippen molar-refractivity contribution in [3.8, 4) is 0 Å². The van der Waals surface area contributed by atoms with E-state index < -0.39 is 0 Å². The van der Waals surface area contributed by atoms with Crippen LogP contribution >= 0.6 is 35.5 Å². The van der Waals surface area contributed by atoms with Crippen LogP contribution in [0, 0.1) is 5.41 Å². The smallest absolute Gasteiger partial charge is 0.253 e. The first-order valence-electron chi connectivity index (χ1n) is 5.96. The lowest BCUT2D eigenvalue weighted by molar-refractivity contribution is 0.0949. The highest BCUT2D eigenvalue weighted by atomic mass is 35.5. The Balaban J connectivity index is 0.00000220. The number of amides is 1. The largest absolute Gasteiger partial charge is 0.383 e. The highest BCUT2D eigenvalue weighted by molar-refractivity contribution is 8.00. The minimum atomic E-state index is -0.137. The molecule has 0 aliphatic heterocycles. The van der Waals surface area contributed by atoms with Crippen LogP contribution in [0.25, 0.3) is 0 Å². The third-order valence-electron chi connectivity index (χ3n) is 2.69. The van der Waals surface area contributed by atoms with E-state index in [1.54, 1.807) is 6.07 Å². The van der Waals surface area contributed by atoms with E-state index in [-0.39, 0.29) is 24.1 Å². The highest BCUT2D eigenvalue weighted by Gasteiger charge is 2.16. The molecule has 2 rings (SSSR count). The van der Waals surface area contributed by atoms with Gasteiger partial charge in [-0.15, -0.1) is 35.5 Å². The SMILES string of the molecule is CSc1sc(C(=N)N)cc1C(=O)NCc1ccccc1.Cl. The van der Waals surface area contributed by atoms with Gasteiger partial charge in [0.05, 0.1) is 14.6 Å². The van der Waals surface area contributed by atoms with Crippen LogP contribution in [0.15, 0.2) is 40.6 Å². The maximum Gasteiger partial charge on any atom is 0.253 e. The Labute approximate surface area is 138 Å². The zero-order valence-electron chi connectivity index (χ0n) is 11.4. The van der Waals surface area contributed by atoms with Crippen LogP contribution in [0.4, 0.5) is 0 Å². The molecule has 0 spiro atoms. The number of carbonyl (C=O) groups excluding carboxylic acids is 1. The van der Waals surface area contributed by atoms with Gasteiger partial charge in [0.25, 0.3) is 5.91 Å². The van der Waals surface area contributed by atoms with Crippen LogP contribution < -0.4 is 11.1 Å². The molecule has 0 atom stereocenters. The molecular formula is C14H16ClN3OS2. The number of nitrogen functional groups attached to an aromatic ring is 1. The third-order valence-corrected chi connectivity index (χ3v) is 4.99. The van der Waals surface area contributed by atoms with E-state index in [1.165, 1.54) is 23.1 Å². The number of hydrogen-bond acceptors (Lipinski definition) is 4. The van der Waals surface area contributed by atoms with Gasteiger partial charge in [0.1, 0.15) is 5.84 Å². The van der Waals surface area contributed by atoms with Crippen molar-refractivity contribution in [2.24, 2.45) is 5.73 Å². The van der Waals surface area contributed by atoms with E-state index in [1.807, 2.05) is 36.6 Å². The molecular weight excluding hydrogens is 326 g/mol. The monoisotopic (exact) mass is 341 g/mol. The van der Waals surface area contributed by atoms with Crippen LogP contribution in [0.5, 0.6) is 0 Å². The lowest BCUT2D eigenvalue weighted by Crippen LogP contribution is -2.22. The first-order chi connectivity index (χ1) is 9.61. The van der Waals surface area contributed by atoms with Crippen LogP contribution in [-0.4, -0.2) is 18.0 Å². The van der Waals surface area contributed by atoms with Crippen molar-refractivity contribution in [1.29, 1.82) is 5.41 Å². The Hall–Kier alpha value is -1.50. The maximum absolute atomic E-state index is 12.2. The van der Waals surface area contributed by atoms with Crippen molar-refractivity contribution in [2.75, 3.05) is 6.26 Å². The molecule has 21 heavy (non-hydrogen) atoms. The first-order valence-corrected chi connectivity index (χ1v) is 8.00. The normalized spacial score (nSPS) is 9.76. The molecule has 0 saturated carbocycles. The summed E-state index contributed by atoms with van der Waals surface area (Å²) in [6.45, 7) is 0.485. The van der Waals surface area contributed by atoms with Gasteiger partial charge >= 0.3 is 0 Å². The summed E-state index contributed by atoms with van der Waals surface area (Å²) >= 11 is 2.86. The molecule has 0 fully saturated rings. The zero-order chi connectivity index (χ0) is 14.5. The average molecular weight is 342 g/mol. The average Bonchev–Trinajstić information content (AvgIpc) is 2.90. The van der Waals surface area contributed by atoms with Crippen molar-refractivity contribution < 1.29 is 4.79 Å². The second kappa shape index (κ2) is 8.07. The number of thioether (sulfide) groups is 1. The highest BCUT2D eigenvalue weighted by Crippen LogP contribution is 2.30. The molecule has 0 unspecified atom stereocenters. The number of hydrogen-bond donors (Lipinski definition) is 3. The molecule has 1 heterocycles. The van der Waals surface area contributed by atoms with Gasteiger partial charge in [0, 0.05) is 6.54 Å². The summed E-state index contributed by atoms with van der Waals surface area (Å²) in [5, 5.41) is 10.3. The predicted molar refractivity (Wildman–Crippen MR) is 92.0 cm³/mol. The van der Waals surface area contributed by atoms with Crippen LogP contribution in [-0.2, 0) is 6.54 Å². The topological polar surface area (TPSA) is 79.0 Å². The van der Waals surface area contributed by atoms with E-state index in [0.29, 0.717) is 17.0 Å². The zero-order valence-corrected chi connectivity index (χ0v) is 13.8. The van der Waals surface area contributed by atoms with Gasteiger partial charge in [-0.25, -0.2) is 0 Å². The minimum Gasteiger partial charge on any atom is -0.383 e. The van der Waals surface area contributed by atoms with Gasteiger partial charge in [-0.05, 0) is 17.9 Å². The third kappa shape index (κ3) is 4.49. The van der Waals surface area contributed by atoms with Gasteiger partial charge in [0.15, 0.2) is 0 Å². The lowest BCUT2D eigenvalue weighted by Gasteiger charge is -2.05. The van der Waals surface area contributed by atoms with Crippen LogP contribution in [0.2, 0.25) is 0 Å². The molecule has 1 amide bonds. The Kier molecular flexibility index (Phi) is 6.74. The van der Waals surface area contributed by atoms with Gasteiger partial charge < -0.3 is 11.1 Å². The number of nitrogens with two attached hydrogens (primary N) is 1. The Morgan fingerprint density at radius 1 is 1.38 bits per heavy atom. The molecule has 0 aliphatic carbocycles. The Bertz CT molecular complexity index is 628. The van der Waals surface area contributed by atoms with Crippen molar-refractivity contribution in [3.63, 3.8) is 0 Å². The molecule has 0 bridgehead atoms. The van der Waals surface area contributed by atoms with E-state index in [4.69, 9.17) is 11.1 Å². The summed E-state index contributed by atoms with van der Waals surface area (Å²) in [4.78, 5) is 12.8. The summed E-state index contributed by atoms with van der Waals surface area (Å²) in [6.07, 6.45) is 1.91. The Morgan fingerprint density at radius 3 is 2.62 bits per heavy atom. The summed E-state index contributed by atoms with van der Waals surface area (Å²) < 4.78 is 0.876. The van der Waals surface area contributed by atoms with Crippen molar-refractivity contribution >= 4 is 47.2 Å². The number of carbonyl (C=O) groups is 1. The second-order valence-corrected chi connectivity index (χ2v) is 6.22. The van der Waals surface area contributed by atoms with E-state index in [2.05, 4.69) is 5.32 Å². The fourth-order valence-corrected chi connectivity index (χ4v) is 3.41. The summed E-state index contributed by atoms with van der Waals surface area (Å²) in [5.74, 6) is -0.144. The minimum absolute atomic E-state index is 0. The molecule has 112 valence electrons. The fourth-order valence-electron chi connectivity index (χ4n) is 1.69. The van der Waals surface area contributed by atoms with Gasteiger partial charge in [-0.2, -0.15) is 0 Å². The van der Waals surface area contributed by atoms with Crippen LogP contribution in [0.1, 0.15) is 20.8 Å². The molecule has 4 nitrogen and oxygen atoms in total. The van der Waals surface area contributed by atoms with E-state index >= 15 is 0 Å². The molecule has 1 aromatic heterocycles. The van der Waals surface area contributed by atoms with Crippen molar-refractivity contribution in [2.45, 2.75) is 10.8 Å². The second-order valence-electron chi connectivity index (χ2n) is 4.10. The number of halogens is 1. The summed E-state index contributed by atoms with van der Waals surface area (Å²) in [6, 6.07) is 11.4. The van der Waals surface area contributed by atoms with Crippen molar-refractivity contribution in [3.05, 3.63) is 52.4 Å². The number of benzene rings is 1. The number of rotatable bonds is 5.